The molecule has 0 aliphatic heterocycles. The van der Waals surface area contributed by atoms with Gasteiger partial charge in [0, 0.05) is 0 Å². The third kappa shape index (κ3) is 3.54. The molecule has 4 heteroatoms. The van der Waals surface area contributed by atoms with Crippen molar-refractivity contribution in [2.75, 3.05) is 0 Å². The molecule has 0 saturated heterocycles. The van der Waals surface area contributed by atoms with Crippen LogP contribution in [0.2, 0.25) is 0 Å². The Hall–Kier alpha value is -0.260. The first-order valence-corrected chi connectivity index (χ1v) is 5.84. The van der Waals surface area contributed by atoms with Crippen molar-refractivity contribution in [1.82, 2.24) is 0 Å². The summed E-state index contributed by atoms with van der Waals surface area (Å²) >= 11 is -1.85. The molecule has 0 unspecified atom stereocenters. The van der Waals surface area contributed by atoms with E-state index >= 15 is 0 Å². The van der Waals surface area contributed by atoms with Crippen molar-refractivity contribution in [3.63, 3.8) is 0 Å². The van der Waals surface area contributed by atoms with Crippen LogP contribution in [-0.2, 0) is 0 Å². The number of rotatable bonds is 1. The molecule has 0 aliphatic carbocycles. The molecule has 0 N–H and O–H groups in total. The van der Waals surface area contributed by atoms with E-state index in [1.165, 1.54) is 0 Å². The molecule has 1 rings (SSSR count). The number of hydrogen-bond donors (Lipinski definition) is 0. The fraction of sp³-hybridized carbons (Fsp3) is 0.333. The number of benzene rings is 1. The Balaban J connectivity index is 2.86. The van der Waals surface area contributed by atoms with E-state index in [1.54, 1.807) is 18.2 Å². The molecule has 0 radical (unpaired) electrons. The van der Waals surface area contributed by atoms with Gasteiger partial charge in [-0.05, 0) is 0 Å². The molecular weight excluding hydrogens is 292 g/mol. The zero-order chi connectivity index (χ0) is 10.1. The predicted molar refractivity (Wildman–Crippen MR) is 40.7 cm³/mol. The minimum atomic E-state index is -4.00. The molecule has 0 aromatic heterocycles. The van der Waals surface area contributed by atoms with Gasteiger partial charge in [-0.15, -0.1) is 0 Å². The number of alkyl halides is 4. The Kier molecular flexibility index (Phi) is 3.21. The van der Waals surface area contributed by atoms with Crippen LogP contribution in [0.5, 0.6) is 0 Å². The normalized spacial score (nSPS) is 12.1. The summed E-state index contributed by atoms with van der Waals surface area (Å²) in [5.74, 6) is 0. The van der Waals surface area contributed by atoms with Gasteiger partial charge in [-0.3, -0.25) is 0 Å². The van der Waals surface area contributed by atoms with Crippen LogP contribution in [0.3, 0.4) is 0 Å². The predicted octanol–water partition coefficient (Wildman–Crippen LogP) is 0.0818. The quantitative estimate of drug-likeness (QED) is 0.509. The van der Waals surface area contributed by atoms with Crippen LogP contribution in [0, 0.1) is 17.4 Å². The number of halogens is 4. The van der Waals surface area contributed by atoms with Gasteiger partial charge in [0.2, 0.25) is 0 Å². The molecule has 0 amide bonds. The van der Waals surface area contributed by atoms with E-state index in [2.05, 4.69) is 0 Å². The molecule has 0 aliphatic rings. The van der Waals surface area contributed by atoms with Crippen LogP contribution in [-0.4, -0.2) is 4.18 Å². The summed E-state index contributed by atoms with van der Waals surface area (Å²) in [5.41, 5.74) is 1.97. The molecule has 1 aromatic rings. The second-order valence-corrected chi connectivity index (χ2v) is 5.76. The summed E-state index contributed by atoms with van der Waals surface area (Å²) in [6.45, 7) is 3.73. The molecule has 0 atom stereocenters. The standard InChI is InChI=1S/C9H9F3I/c1-6-3-4-8(5-7(6)2)13-9(10,11)12/h3-5H,1-2H3/q-1. The maximum absolute atomic E-state index is 12.0. The first-order chi connectivity index (χ1) is 5.88. The van der Waals surface area contributed by atoms with Gasteiger partial charge in [0.1, 0.15) is 0 Å². The van der Waals surface area contributed by atoms with Crippen LogP contribution in [0.25, 0.3) is 0 Å². The van der Waals surface area contributed by atoms with Gasteiger partial charge in [0.15, 0.2) is 0 Å². The Labute approximate surface area is 85.4 Å². The van der Waals surface area contributed by atoms with Gasteiger partial charge >= 0.3 is 85.3 Å². The topological polar surface area (TPSA) is 0 Å². The number of hydrogen-bond acceptors (Lipinski definition) is 0. The Morgan fingerprint density at radius 2 is 1.69 bits per heavy atom. The van der Waals surface area contributed by atoms with E-state index in [-0.39, 0.29) is 0 Å². The van der Waals surface area contributed by atoms with Gasteiger partial charge in [-0.1, -0.05) is 0 Å². The minimum absolute atomic E-state index is 0.439. The first-order valence-electron chi connectivity index (χ1n) is 3.68. The first kappa shape index (κ1) is 10.8. The molecule has 0 fully saturated rings. The third-order valence-electron chi connectivity index (χ3n) is 1.69. The van der Waals surface area contributed by atoms with Crippen LogP contribution in [0.4, 0.5) is 13.2 Å². The molecular formula is C9H9F3I-. The summed E-state index contributed by atoms with van der Waals surface area (Å²) < 4.78 is 32.5. The van der Waals surface area contributed by atoms with E-state index in [0.717, 1.165) is 11.1 Å². The van der Waals surface area contributed by atoms with Crippen LogP contribution >= 0.6 is 0 Å². The van der Waals surface area contributed by atoms with E-state index in [0.29, 0.717) is 3.57 Å². The van der Waals surface area contributed by atoms with Crippen molar-refractivity contribution in [2.45, 2.75) is 18.0 Å². The van der Waals surface area contributed by atoms with E-state index < -0.39 is 25.4 Å². The molecule has 13 heavy (non-hydrogen) atoms. The van der Waals surface area contributed by atoms with Crippen molar-refractivity contribution in [3.05, 3.63) is 32.9 Å². The van der Waals surface area contributed by atoms with Gasteiger partial charge in [-0.25, -0.2) is 0 Å². The summed E-state index contributed by atoms with van der Waals surface area (Å²) in [6, 6.07) is 4.95. The Morgan fingerprint density at radius 1 is 1.08 bits per heavy atom. The summed E-state index contributed by atoms with van der Waals surface area (Å²) in [4.78, 5) is 0. The van der Waals surface area contributed by atoms with Gasteiger partial charge in [0.25, 0.3) is 0 Å². The summed E-state index contributed by atoms with van der Waals surface area (Å²) in [7, 11) is 0. The van der Waals surface area contributed by atoms with Crippen molar-refractivity contribution >= 4 is 0 Å². The number of aryl methyl sites for hydroxylation is 2. The van der Waals surface area contributed by atoms with Crippen molar-refractivity contribution in [3.8, 4) is 0 Å². The molecule has 0 spiro atoms. The van der Waals surface area contributed by atoms with Crippen LogP contribution in [0.15, 0.2) is 18.2 Å². The fourth-order valence-electron chi connectivity index (χ4n) is 0.887. The zero-order valence-electron chi connectivity index (χ0n) is 7.24. The summed E-state index contributed by atoms with van der Waals surface area (Å²) in [5, 5.41) is 0. The Morgan fingerprint density at radius 3 is 2.15 bits per heavy atom. The van der Waals surface area contributed by atoms with Gasteiger partial charge in [0.05, 0.1) is 0 Å². The van der Waals surface area contributed by atoms with E-state index in [1.807, 2.05) is 13.8 Å². The second-order valence-electron chi connectivity index (χ2n) is 2.75. The second kappa shape index (κ2) is 3.86. The van der Waals surface area contributed by atoms with Crippen LogP contribution in [0.1, 0.15) is 11.1 Å². The Bertz CT molecular complexity index is 304. The molecule has 0 bridgehead atoms. The molecule has 0 heterocycles. The SMILES string of the molecule is Cc1ccc([I-]C(F)(F)F)cc1C. The van der Waals surface area contributed by atoms with Crippen molar-refractivity contribution in [1.29, 1.82) is 0 Å². The fourth-order valence-corrected chi connectivity index (χ4v) is 2.58. The molecule has 0 nitrogen and oxygen atoms in total. The van der Waals surface area contributed by atoms with Gasteiger partial charge in [-0.2, -0.15) is 0 Å². The van der Waals surface area contributed by atoms with Crippen LogP contribution < -0.4 is 21.2 Å². The monoisotopic (exact) mass is 301 g/mol. The average Bonchev–Trinajstić information content (AvgIpc) is 1.94. The molecule has 1 aromatic carbocycles. The third-order valence-corrected chi connectivity index (χ3v) is 3.59. The van der Waals surface area contributed by atoms with Gasteiger partial charge < -0.3 is 0 Å². The summed E-state index contributed by atoms with van der Waals surface area (Å²) in [6.07, 6.45) is 0. The van der Waals surface area contributed by atoms with Crippen molar-refractivity contribution < 1.29 is 34.4 Å². The maximum atomic E-state index is 12.0. The average molecular weight is 301 g/mol. The molecule has 74 valence electrons. The molecule has 0 saturated carbocycles. The van der Waals surface area contributed by atoms with E-state index in [9.17, 15) is 13.2 Å². The van der Waals surface area contributed by atoms with E-state index in [4.69, 9.17) is 0 Å². The zero-order valence-corrected chi connectivity index (χ0v) is 9.40. The van der Waals surface area contributed by atoms with Crippen molar-refractivity contribution in [2.24, 2.45) is 0 Å².